The fourth-order valence-corrected chi connectivity index (χ4v) is 3.38. The van der Waals surface area contributed by atoms with Gasteiger partial charge in [-0.15, -0.1) is 0 Å². The van der Waals surface area contributed by atoms with E-state index in [0.29, 0.717) is 20.8 Å². The van der Waals surface area contributed by atoms with Crippen LogP contribution in [0, 0.1) is 13.8 Å². The van der Waals surface area contributed by atoms with E-state index in [-0.39, 0.29) is 18.4 Å². The first kappa shape index (κ1) is 23.5. The molecule has 0 aromatic heterocycles. The lowest BCUT2D eigenvalue weighted by Crippen LogP contribution is -2.20. The van der Waals surface area contributed by atoms with Gasteiger partial charge in [-0.2, -0.15) is 5.10 Å². The number of aryl methyl sites for hydroxylation is 2. The second-order valence-electron chi connectivity index (χ2n) is 7.05. The number of anilines is 1. The van der Waals surface area contributed by atoms with Crippen molar-refractivity contribution >= 4 is 51.2 Å². The maximum Gasteiger partial charge on any atom is 0.271 e. The number of hydrogen-bond acceptors (Lipinski definition) is 4. The van der Waals surface area contributed by atoms with Crippen molar-refractivity contribution in [3.8, 4) is 5.75 Å². The number of hydrogen-bond donors (Lipinski definition) is 2. The Balaban J connectivity index is 1.53. The largest absolute Gasteiger partial charge is 0.483 e. The smallest absolute Gasteiger partial charge is 0.271 e. The molecule has 0 heterocycles. The molecule has 0 aliphatic carbocycles. The second kappa shape index (κ2) is 10.9. The molecule has 3 rings (SSSR count). The second-order valence-corrected chi connectivity index (χ2v) is 8.34. The van der Waals surface area contributed by atoms with E-state index < -0.39 is 0 Å². The summed E-state index contributed by atoms with van der Waals surface area (Å²) in [5.41, 5.74) is 6.47. The minimum absolute atomic E-state index is 0.128. The van der Waals surface area contributed by atoms with Crippen molar-refractivity contribution in [2.24, 2.45) is 5.10 Å². The normalized spacial score (nSPS) is 10.8. The summed E-state index contributed by atoms with van der Waals surface area (Å²) < 4.78 is 6.28. The van der Waals surface area contributed by atoms with Crippen molar-refractivity contribution in [1.29, 1.82) is 0 Å². The Bertz CT molecular complexity index is 1160. The average Bonchev–Trinajstić information content (AvgIpc) is 2.76. The van der Waals surface area contributed by atoms with E-state index in [4.69, 9.17) is 16.3 Å². The number of rotatable bonds is 7. The van der Waals surface area contributed by atoms with E-state index in [1.165, 1.54) is 6.21 Å². The fraction of sp³-hybridized carbons (Fsp3) is 0.125. The third kappa shape index (κ3) is 6.67. The molecule has 0 saturated carbocycles. The van der Waals surface area contributed by atoms with Crippen molar-refractivity contribution in [3.63, 3.8) is 0 Å². The molecule has 0 spiro atoms. The molecule has 164 valence electrons. The zero-order valence-electron chi connectivity index (χ0n) is 17.5. The number of nitrogens with zero attached hydrogens (tertiary/aromatic N) is 1. The number of amides is 2. The molecule has 2 amide bonds. The molecular weight excluding hydrogens is 494 g/mol. The Kier molecular flexibility index (Phi) is 8.03. The van der Waals surface area contributed by atoms with Gasteiger partial charge in [0.15, 0.2) is 6.61 Å². The zero-order chi connectivity index (χ0) is 23.1. The van der Waals surface area contributed by atoms with Gasteiger partial charge in [0.25, 0.3) is 11.8 Å². The van der Waals surface area contributed by atoms with Gasteiger partial charge in [-0.25, -0.2) is 5.43 Å². The van der Waals surface area contributed by atoms with Crippen molar-refractivity contribution in [2.45, 2.75) is 13.8 Å². The van der Waals surface area contributed by atoms with Gasteiger partial charge in [-0.3, -0.25) is 9.59 Å². The van der Waals surface area contributed by atoms with Crippen LogP contribution < -0.4 is 15.5 Å². The number of halogens is 2. The number of benzene rings is 3. The Morgan fingerprint density at radius 2 is 1.81 bits per heavy atom. The summed E-state index contributed by atoms with van der Waals surface area (Å²) in [5, 5.41) is 7.38. The summed E-state index contributed by atoms with van der Waals surface area (Å²) in [6.45, 7) is 3.78. The van der Waals surface area contributed by atoms with E-state index >= 15 is 0 Å². The fourth-order valence-electron chi connectivity index (χ4n) is 2.75. The van der Waals surface area contributed by atoms with Gasteiger partial charge in [0.05, 0.1) is 10.7 Å². The molecule has 0 bridgehead atoms. The number of hydrazone groups is 1. The van der Waals surface area contributed by atoms with Crippen LogP contribution in [-0.2, 0) is 4.79 Å². The summed E-state index contributed by atoms with van der Waals surface area (Å²) in [5.74, 6) is -0.0728. The predicted octanol–water partition coefficient (Wildman–Crippen LogP) is 5.50. The molecule has 32 heavy (non-hydrogen) atoms. The molecular formula is C24H21BrClN3O3. The Morgan fingerprint density at radius 3 is 2.53 bits per heavy atom. The minimum Gasteiger partial charge on any atom is -0.483 e. The van der Waals surface area contributed by atoms with E-state index in [0.717, 1.165) is 22.4 Å². The monoisotopic (exact) mass is 513 g/mol. The maximum absolute atomic E-state index is 12.2. The SMILES string of the molecule is Cc1ccc(C)c(NC(=O)COc2ccc(/C=N/NC(=O)c3ccc(Cl)cc3)cc2Br)c1. The Hall–Kier alpha value is -3.16. The van der Waals surface area contributed by atoms with Crippen LogP contribution in [0.15, 0.2) is 70.2 Å². The van der Waals surface area contributed by atoms with Crippen LogP contribution >= 0.6 is 27.5 Å². The van der Waals surface area contributed by atoms with E-state index in [9.17, 15) is 9.59 Å². The van der Waals surface area contributed by atoms with Crippen LogP contribution in [-0.4, -0.2) is 24.6 Å². The third-order valence-corrected chi connectivity index (χ3v) is 5.34. The molecule has 0 unspecified atom stereocenters. The molecule has 2 N–H and O–H groups in total. The van der Waals surface area contributed by atoms with Gasteiger partial charge in [0.1, 0.15) is 5.75 Å². The van der Waals surface area contributed by atoms with Gasteiger partial charge in [0.2, 0.25) is 0 Å². The highest BCUT2D eigenvalue weighted by atomic mass is 79.9. The molecule has 3 aromatic carbocycles. The van der Waals surface area contributed by atoms with Crippen LogP contribution in [0.1, 0.15) is 27.0 Å². The molecule has 0 radical (unpaired) electrons. The summed E-state index contributed by atoms with van der Waals surface area (Å²) >= 11 is 9.25. The summed E-state index contributed by atoms with van der Waals surface area (Å²) in [4.78, 5) is 24.3. The quantitative estimate of drug-likeness (QED) is 0.323. The lowest BCUT2D eigenvalue weighted by Gasteiger charge is -2.11. The maximum atomic E-state index is 12.2. The van der Waals surface area contributed by atoms with Crippen LogP contribution in [0.5, 0.6) is 5.75 Å². The number of carbonyl (C=O) groups is 2. The van der Waals surface area contributed by atoms with Crippen molar-refractivity contribution in [3.05, 3.63) is 92.4 Å². The molecule has 8 heteroatoms. The Morgan fingerprint density at radius 1 is 1.06 bits per heavy atom. The highest BCUT2D eigenvalue weighted by Gasteiger charge is 2.09. The van der Waals surface area contributed by atoms with Crippen LogP contribution in [0.3, 0.4) is 0 Å². The molecule has 3 aromatic rings. The summed E-state index contributed by atoms with van der Waals surface area (Å²) in [6, 6.07) is 17.6. The molecule has 0 fully saturated rings. The van der Waals surface area contributed by atoms with Gasteiger partial charge in [0, 0.05) is 16.3 Å². The first-order valence-electron chi connectivity index (χ1n) is 9.70. The van der Waals surface area contributed by atoms with Crippen LogP contribution in [0.2, 0.25) is 5.02 Å². The molecule has 0 aliphatic rings. The van der Waals surface area contributed by atoms with Gasteiger partial charge >= 0.3 is 0 Å². The standard InChI is InChI=1S/C24H21BrClN3O3/c1-15-3-4-16(2)21(11-15)28-23(30)14-32-22-10-5-17(12-20(22)25)13-27-29-24(31)18-6-8-19(26)9-7-18/h3-13H,14H2,1-2H3,(H,28,30)(H,29,31)/b27-13+. The lowest BCUT2D eigenvalue weighted by molar-refractivity contribution is -0.118. The predicted molar refractivity (Wildman–Crippen MR) is 131 cm³/mol. The number of nitrogens with one attached hydrogen (secondary N) is 2. The molecule has 0 saturated heterocycles. The molecule has 0 atom stereocenters. The first-order valence-corrected chi connectivity index (χ1v) is 10.9. The molecule has 6 nitrogen and oxygen atoms in total. The highest BCUT2D eigenvalue weighted by molar-refractivity contribution is 9.10. The van der Waals surface area contributed by atoms with Crippen LogP contribution in [0.25, 0.3) is 0 Å². The average molecular weight is 515 g/mol. The van der Waals surface area contributed by atoms with E-state index in [1.54, 1.807) is 42.5 Å². The van der Waals surface area contributed by atoms with Gasteiger partial charge in [-0.05, 0) is 95.0 Å². The van der Waals surface area contributed by atoms with Crippen molar-refractivity contribution in [2.75, 3.05) is 11.9 Å². The minimum atomic E-state index is -0.341. The van der Waals surface area contributed by atoms with Gasteiger partial charge < -0.3 is 10.1 Å². The number of ether oxygens (including phenoxy) is 1. The first-order chi connectivity index (χ1) is 15.3. The highest BCUT2D eigenvalue weighted by Crippen LogP contribution is 2.25. The molecule has 0 aliphatic heterocycles. The zero-order valence-corrected chi connectivity index (χ0v) is 19.8. The summed E-state index contributed by atoms with van der Waals surface area (Å²) in [6.07, 6.45) is 1.51. The number of carbonyl (C=O) groups excluding carboxylic acids is 2. The van der Waals surface area contributed by atoms with Crippen molar-refractivity contribution in [1.82, 2.24) is 5.43 Å². The van der Waals surface area contributed by atoms with E-state index in [2.05, 4.69) is 31.8 Å². The van der Waals surface area contributed by atoms with Gasteiger partial charge in [-0.1, -0.05) is 23.7 Å². The van der Waals surface area contributed by atoms with Crippen LogP contribution in [0.4, 0.5) is 5.69 Å². The lowest BCUT2D eigenvalue weighted by atomic mass is 10.1. The van der Waals surface area contributed by atoms with E-state index in [1.807, 2.05) is 32.0 Å². The Labute approximate surface area is 199 Å². The third-order valence-electron chi connectivity index (χ3n) is 4.47. The topological polar surface area (TPSA) is 79.8 Å². The summed E-state index contributed by atoms with van der Waals surface area (Å²) in [7, 11) is 0. The van der Waals surface area contributed by atoms with Crippen molar-refractivity contribution < 1.29 is 14.3 Å².